The van der Waals surface area contributed by atoms with Crippen molar-refractivity contribution in [1.82, 2.24) is 10.2 Å². The standard InChI is InChI=1S/C19H19ClN2O3/c1-21-19(23)24-11-22-9-15-13-4-2-3-5-17(13)25-18-7-6-12(20)8-14(18)16(15)10-22/h2-8,15-16H,9-11H2,1H3,(H,21,23). The lowest BCUT2D eigenvalue weighted by Gasteiger charge is -2.17. The summed E-state index contributed by atoms with van der Waals surface area (Å²) in [6, 6.07) is 13.9. The third-order valence-electron chi connectivity index (χ3n) is 4.89. The van der Waals surface area contributed by atoms with Gasteiger partial charge in [0.2, 0.25) is 0 Å². The van der Waals surface area contributed by atoms with Crippen LogP contribution in [0, 0.1) is 0 Å². The fourth-order valence-electron chi connectivity index (χ4n) is 3.74. The van der Waals surface area contributed by atoms with E-state index in [1.54, 1.807) is 7.05 Å². The Kier molecular flexibility index (Phi) is 4.27. The fourth-order valence-corrected chi connectivity index (χ4v) is 3.92. The number of carbonyl (C=O) groups excluding carboxylic acids is 1. The van der Waals surface area contributed by atoms with E-state index >= 15 is 0 Å². The molecule has 25 heavy (non-hydrogen) atoms. The molecule has 2 aliphatic heterocycles. The third kappa shape index (κ3) is 3.05. The van der Waals surface area contributed by atoms with Crippen molar-refractivity contribution in [1.29, 1.82) is 0 Å². The molecule has 1 fully saturated rings. The Morgan fingerprint density at radius 1 is 1.20 bits per heavy atom. The van der Waals surface area contributed by atoms with E-state index in [0.717, 1.165) is 30.2 Å². The number of alkyl carbamates (subject to hydrolysis) is 1. The molecule has 1 saturated heterocycles. The molecule has 1 N–H and O–H groups in total. The number of amides is 1. The van der Waals surface area contributed by atoms with E-state index in [2.05, 4.69) is 16.3 Å². The first-order valence-electron chi connectivity index (χ1n) is 8.29. The number of benzene rings is 2. The van der Waals surface area contributed by atoms with E-state index < -0.39 is 6.09 Å². The number of para-hydroxylation sites is 1. The van der Waals surface area contributed by atoms with Gasteiger partial charge in [-0.2, -0.15) is 0 Å². The maximum Gasteiger partial charge on any atom is 0.408 e. The van der Waals surface area contributed by atoms with Crippen LogP contribution in [0.2, 0.25) is 5.02 Å². The summed E-state index contributed by atoms with van der Waals surface area (Å²) in [5.41, 5.74) is 2.29. The number of carbonyl (C=O) groups is 1. The van der Waals surface area contributed by atoms with Gasteiger partial charge in [-0.15, -0.1) is 0 Å². The number of nitrogens with zero attached hydrogens (tertiary/aromatic N) is 1. The molecule has 5 nitrogen and oxygen atoms in total. The maximum absolute atomic E-state index is 11.4. The number of hydrogen-bond donors (Lipinski definition) is 1. The molecule has 0 aliphatic carbocycles. The predicted molar refractivity (Wildman–Crippen MR) is 95.4 cm³/mol. The van der Waals surface area contributed by atoms with Gasteiger partial charge in [-0.05, 0) is 29.8 Å². The summed E-state index contributed by atoms with van der Waals surface area (Å²) in [6.45, 7) is 1.85. The van der Waals surface area contributed by atoms with Gasteiger partial charge >= 0.3 is 6.09 Å². The van der Waals surface area contributed by atoms with Crippen molar-refractivity contribution in [2.75, 3.05) is 26.9 Å². The number of likely N-dealkylation sites (tertiary alicyclic amines) is 1. The van der Waals surface area contributed by atoms with Crippen molar-refractivity contribution in [3.8, 4) is 11.5 Å². The molecule has 2 aromatic rings. The smallest absolute Gasteiger partial charge is 0.408 e. The first-order chi connectivity index (χ1) is 12.2. The summed E-state index contributed by atoms with van der Waals surface area (Å²) in [5, 5.41) is 3.18. The Labute approximate surface area is 151 Å². The van der Waals surface area contributed by atoms with Crippen LogP contribution in [0.15, 0.2) is 42.5 Å². The molecular weight excluding hydrogens is 340 g/mol. The summed E-state index contributed by atoms with van der Waals surface area (Å²) in [5.74, 6) is 2.24. The minimum Gasteiger partial charge on any atom is -0.457 e. The molecule has 2 heterocycles. The summed E-state index contributed by atoms with van der Waals surface area (Å²) >= 11 is 6.24. The summed E-state index contributed by atoms with van der Waals surface area (Å²) in [7, 11) is 1.56. The molecule has 0 aromatic heterocycles. The van der Waals surface area contributed by atoms with Crippen molar-refractivity contribution in [3.05, 3.63) is 58.6 Å². The molecule has 0 spiro atoms. The van der Waals surface area contributed by atoms with E-state index in [0.29, 0.717) is 5.02 Å². The summed E-state index contributed by atoms with van der Waals surface area (Å²) in [6.07, 6.45) is -0.417. The monoisotopic (exact) mass is 358 g/mol. The van der Waals surface area contributed by atoms with Gasteiger partial charge in [0.25, 0.3) is 0 Å². The highest BCUT2D eigenvalue weighted by Gasteiger charge is 2.40. The quantitative estimate of drug-likeness (QED) is 0.883. The molecular formula is C19H19ClN2O3. The molecule has 2 atom stereocenters. The molecule has 4 rings (SSSR count). The number of rotatable bonds is 2. The number of halogens is 1. The van der Waals surface area contributed by atoms with E-state index in [9.17, 15) is 4.79 Å². The van der Waals surface area contributed by atoms with Crippen molar-refractivity contribution < 1.29 is 14.3 Å². The topological polar surface area (TPSA) is 50.8 Å². The molecule has 1 amide bonds. The van der Waals surface area contributed by atoms with Crippen LogP contribution in [0.5, 0.6) is 11.5 Å². The van der Waals surface area contributed by atoms with Gasteiger partial charge in [-0.1, -0.05) is 29.8 Å². The number of ether oxygens (including phenoxy) is 2. The highest BCUT2D eigenvalue weighted by molar-refractivity contribution is 6.30. The van der Waals surface area contributed by atoms with Crippen LogP contribution in [-0.2, 0) is 4.74 Å². The molecule has 2 unspecified atom stereocenters. The number of nitrogens with one attached hydrogen (secondary N) is 1. The zero-order valence-electron chi connectivity index (χ0n) is 13.9. The van der Waals surface area contributed by atoms with Gasteiger partial charge in [0.15, 0.2) is 0 Å². The zero-order valence-corrected chi connectivity index (χ0v) is 14.6. The average Bonchev–Trinajstić information content (AvgIpc) is 3.00. The van der Waals surface area contributed by atoms with Crippen LogP contribution in [0.4, 0.5) is 4.79 Å². The van der Waals surface area contributed by atoms with E-state index in [1.807, 2.05) is 36.4 Å². The first-order valence-corrected chi connectivity index (χ1v) is 8.66. The predicted octanol–water partition coefficient (Wildman–Crippen LogP) is 3.94. The van der Waals surface area contributed by atoms with Crippen LogP contribution in [0.1, 0.15) is 23.0 Å². The second-order valence-electron chi connectivity index (χ2n) is 6.38. The Morgan fingerprint density at radius 3 is 2.72 bits per heavy atom. The largest absolute Gasteiger partial charge is 0.457 e. The normalized spacial score (nSPS) is 21.4. The van der Waals surface area contributed by atoms with E-state index in [4.69, 9.17) is 21.1 Å². The van der Waals surface area contributed by atoms with Gasteiger partial charge in [-0.25, -0.2) is 4.79 Å². The van der Waals surface area contributed by atoms with Crippen molar-refractivity contribution in [3.63, 3.8) is 0 Å². The third-order valence-corrected chi connectivity index (χ3v) is 5.12. The van der Waals surface area contributed by atoms with Crippen LogP contribution in [0.3, 0.4) is 0 Å². The Balaban J connectivity index is 1.69. The number of hydrogen-bond acceptors (Lipinski definition) is 4. The van der Waals surface area contributed by atoms with Gasteiger partial charge in [-0.3, -0.25) is 4.90 Å². The minimum absolute atomic E-state index is 0.241. The molecule has 0 radical (unpaired) electrons. The maximum atomic E-state index is 11.4. The zero-order chi connectivity index (χ0) is 17.4. The Morgan fingerprint density at radius 2 is 1.92 bits per heavy atom. The highest BCUT2D eigenvalue weighted by Crippen LogP contribution is 2.50. The lowest BCUT2D eigenvalue weighted by Crippen LogP contribution is -2.29. The molecule has 0 saturated carbocycles. The van der Waals surface area contributed by atoms with Gasteiger partial charge in [0.05, 0.1) is 0 Å². The lowest BCUT2D eigenvalue weighted by molar-refractivity contribution is 0.0820. The molecule has 0 bridgehead atoms. The fraction of sp³-hybridized carbons (Fsp3) is 0.316. The highest BCUT2D eigenvalue weighted by atomic mass is 35.5. The minimum atomic E-state index is -0.417. The van der Waals surface area contributed by atoms with Crippen molar-refractivity contribution >= 4 is 17.7 Å². The van der Waals surface area contributed by atoms with Crippen LogP contribution in [-0.4, -0.2) is 37.9 Å². The molecule has 130 valence electrons. The van der Waals surface area contributed by atoms with Crippen molar-refractivity contribution in [2.45, 2.75) is 11.8 Å². The van der Waals surface area contributed by atoms with Crippen molar-refractivity contribution in [2.24, 2.45) is 0 Å². The van der Waals surface area contributed by atoms with Gasteiger partial charge in [0.1, 0.15) is 18.2 Å². The molecule has 6 heteroatoms. The summed E-state index contributed by atoms with van der Waals surface area (Å²) in [4.78, 5) is 13.5. The van der Waals surface area contributed by atoms with E-state index in [-0.39, 0.29) is 18.6 Å². The second kappa shape index (κ2) is 6.58. The summed E-state index contributed by atoms with van der Waals surface area (Å²) < 4.78 is 11.4. The van der Waals surface area contributed by atoms with Crippen LogP contribution >= 0.6 is 11.6 Å². The van der Waals surface area contributed by atoms with Gasteiger partial charge in [0, 0.05) is 42.6 Å². The number of fused-ring (bicyclic) bond motifs is 5. The molecule has 2 aromatic carbocycles. The van der Waals surface area contributed by atoms with Crippen LogP contribution < -0.4 is 10.1 Å². The Bertz CT molecular complexity index is 811. The van der Waals surface area contributed by atoms with Gasteiger partial charge < -0.3 is 14.8 Å². The van der Waals surface area contributed by atoms with Crippen LogP contribution in [0.25, 0.3) is 0 Å². The molecule has 2 aliphatic rings. The SMILES string of the molecule is CNC(=O)OCN1CC2c3ccccc3Oc3ccc(Cl)cc3C2C1. The lowest BCUT2D eigenvalue weighted by atomic mass is 9.84. The second-order valence-corrected chi connectivity index (χ2v) is 6.82. The first kappa shape index (κ1) is 16.2. The van der Waals surface area contributed by atoms with E-state index in [1.165, 1.54) is 5.56 Å². The Hall–Kier alpha value is -2.24. The average molecular weight is 359 g/mol.